The maximum absolute atomic E-state index is 12.3. The highest BCUT2D eigenvalue weighted by molar-refractivity contribution is 5.92. The number of hydrogen-bond donors (Lipinski definition) is 2. The van der Waals surface area contributed by atoms with Crippen LogP contribution in [-0.4, -0.2) is 68.5 Å². The Bertz CT molecular complexity index is 584. The van der Waals surface area contributed by atoms with E-state index in [-0.39, 0.29) is 18.6 Å². The molecule has 3 heterocycles. The Morgan fingerprint density at radius 3 is 3.09 bits per heavy atom. The van der Waals surface area contributed by atoms with Gasteiger partial charge in [0.05, 0.1) is 18.7 Å². The quantitative estimate of drug-likeness (QED) is 0.813. The lowest BCUT2D eigenvalue weighted by Gasteiger charge is -2.41. The van der Waals surface area contributed by atoms with Gasteiger partial charge in [-0.1, -0.05) is 0 Å². The lowest BCUT2D eigenvalue weighted by molar-refractivity contribution is 0.0390. The smallest absolute Gasteiger partial charge is 0.276 e. The third-order valence-corrected chi connectivity index (χ3v) is 3.95. The molecule has 0 bridgehead atoms. The summed E-state index contributed by atoms with van der Waals surface area (Å²) in [5.41, 5.74) is 1.42. The van der Waals surface area contributed by atoms with Gasteiger partial charge in [-0.3, -0.25) is 9.69 Å². The van der Waals surface area contributed by atoms with Crippen molar-refractivity contribution in [3.8, 4) is 0 Å². The molecule has 0 unspecified atom stereocenters. The van der Waals surface area contributed by atoms with Gasteiger partial charge in [0.25, 0.3) is 5.91 Å². The molecule has 0 radical (unpaired) electrons. The van der Waals surface area contributed by atoms with Gasteiger partial charge >= 0.3 is 0 Å². The first-order valence-electron chi connectivity index (χ1n) is 7.29. The normalized spacial score (nSPS) is 19.5. The Balaban J connectivity index is 1.66. The lowest BCUT2D eigenvalue weighted by atomic mass is 10.1. The van der Waals surface area contributed by atoms with Crippen LogP contribution in [0.4, 0.5) is 0 Å². The van der Waals surface area contributed by atoms with Crippen LogP contribution in [0.3, 0.4) is 0 Å². The molecule has 22 heavy (non-hydrogen) atoms. The van der Waals surface area contributed by atoms with Crippen LogP contribution >= 0.6 is 0 Å². The summed E-state index contributed by atoms with van der Waals surface area (Å²) in [6.45, 7) is 2.81. The molecular weight excluding hydrogens is 286 g/mol. The summed E-state index contributed by atoms with van der Waals surface area (Å²) < 4.78 is 5.10. The molecule has 118 valence electrons. The van der Waals surface area contributed by atoms with E-state index in [9.17, 15) is 9.90 Å². The molecule has 0 saturated carbocycles. The second-order valence-corrected chi connectivity index (χ2v) is 5.37. The number of aliphatic hydroxyl groups is 1. The highest BCUT2D eigenvalue weighted by Gasteiger charge is 2.30. The molecule has 1 aliphatic heterocycles. The molecular formula is C14H19N5O3. The SMILES string of the molecule is O=C(c1cn[nH]n1)N1CCN(Cc2ccoc2)[C@H](CCO)C1. The van der Waals surface area contributed by atoms with Crippen molar-refractivity contribution in [1.82, 2.24) is 25.2 Å². The number of amides is 1. The lowest BCUT2D eigenvalue weighted by Crippen LogP contribution is -2.54. The van der Waals surface area contributed by atoms with Crippen molar-refractivity contribution < 1.29 is 14.3 Å². The van der Waals surface area contributed by atoms with E-state index in [4.69, 9.17) is 4.42 Å². The second-order valence-electron chi connectivity index (χ2n) is 5.37. The van der Waals surface area contributed by atoms with E-state index < -0.39 is 0 Å². The van der Waals surface area contributed by atoms with Gasteiger partial charge in [-0.15, -0.1) is 0 Å². The monoisotopic (exact) mass is 305 g/mol. The van der Waals surface area contributed by atoms with Crippen LogP contribution in [-0.2, 0) is 6.54 Å². The molecule has 1 atom stereocenters. The van der Waals surface area contributed by atoms with Crippen molar-refractivity contribution in [2.24, 2.45) is 0 Å². The molecule has 1 fully saturated rings. The third kappa shape index (κ3) is 3.18. The average molecular weight is 305 g/mol. The van der Waals surface area contributed by atoms with Crippen LogP contribution < -0.4 is 0 Å². The predicted molar refractivity (Wildman–Crippen MR) is 76.9 cm³/mol. The van der Waals surface area contributed by atoms with Gasteiger partial charge in [0.15, 0.2) is 5.69 Å². The Labute approximate surface area is 127 Å². The number of furan rings is 1. The molecule has 2 aromatic heterocycles. The van der Waals surface area contributed by atoms with Crippen molar-refractivity contribution >= 4 is 5.91 Å². The van der Waals surface area contributed by atoms with Crippen LogP contribution in [0.15, 0.2) is 29.2 Å². The summed E-state index contributed by atoms with van der Waals surface area (Å²) in [5.74, 6) is -0.125. The van der Waals surface area contributed by atoms with Crippen molar-refractivity contribution in [2.45, 2.75) is 19.0 Å². The number of aromatic amines is 1. The van der Waals surface area contributed by atoms with Gasteiger partial charge in [-0.05, 0) is 12.5 Å². The summed E-state index contributed by atoms with van der Waals surface area (Å²) in [5, 5.41) is 19.3. The van der Waals surface area contributed by atoms with E-state index in [0.29, 0.717) is 25.2 Å². The fraction of sp³-hybridized carbons (Fsp3) is 0.500. The number of H-pyrrole nitrogens is 1. The largest absolute Gasteiger partial charge is 0.472 e. The molecule has 1 amide bonds. The number of hydrogen-bond acceptors (Lipinski definition) is 6. The molecule has 0 aromatic carbocycles. The molecule has 1 saturated heterocycles. The first-order valence-corrected chi connectivity index (χ1v) is 7.29. The Kier molecular flexibility index (Phi) is 4.50. The zero-order chi connectivity index (χ0) is 15.4. The highest BCUT2D eigenvalue weighted by atomic mass is 16.3. The molecule has 8 heteroatoms. The molecule has 0 spiro atoms. The van der Waals surface area contributed by atoms with E-state index >= 15 is 0 Å². The van der Waals surface area contributed by atoms with Crippen LogP contribution in [0.25, 0.3) is 0 Å². The summed E-state index contributed by atoms with van der Waals surface area (Å²) >= 11 is 0. The first-order chi connectivity index (χ1) is 10.8. The zero-order valence-electron chi connectivity index (χ0n) is 12.2. The van der Waals surface area contributed by atoms with E-state index in [0.717, 1.165) is 18.7 Å². The molecule has 2 N–H and O–H groups in total. The van der Waals surface area contributed by atoms with Gasteiger partial charge in [0.1, 0.15) is 0 Å². The summed E-state index contributed by atoms with van der Waals surface area (Å²) in [6, 6.07) is 2.05. The Morgan fingerprint density at radius 2 is 2.41 bits per heavy atom. The van der Waals surface area contributed by atoms with Crippen molar-refractivity contribution in [2.75, 3.05) is 26.2 Å². The number of rotatable bonds is 5. The third-order valence-electron chi connectivity index (χ3n) is 3.95. The van der Waals surface area contributed by atoms with Crippen molar-refractivity contribution in [1.29, 1.82) is 0 Å². The van der Waals surface area contributed by atoms with Crippen LogP contribution in [0, 0.1) is 0 Å². The van der Waals surface area contributed by atoms with Crippen LogP contribution in [0.2, 0.25) is 0 Å². The van der Waals surface area contributed by atoms with Gasteiger partial charge in [-0.2, -0.15) is 15.4 Å². The van der Waals surface area contributed by atoms with Gasteiger partial charge < -0.3 is 14.4 Å². The number of nitrogens with one attached hydrogen (secondary N) is 1. The van der Waals surface area contributed by atoms with Crippen molar-refractivity contribution in [3.05, 3.63) is 36.0 Å². The van der Waals surface area contributed by atoms with Gasteiger partial charge in [-0.25, -0.2) is 0 Å². The minimum Gasteiger partial charge on any atom is -0.472 e. The van der Waals surface area contributed by atoms with Crippen LogP contribution in [0.5, 0.6) is 0 Å². The standard InChI is InChI=1S/C14H19N5O3/c20-5-1-12-9-19(14(21)13-7-15-17-16-13)4-3-18(12)8-11-2-6-22-10-11/h2,6-7,10,12,20H,1,3-5,8-9H2,(H,15,16,17)/t12-/m1/s1. The number of aromatic nitrogens is 3. The van der Waals surface area contributed by atoms with Gasteiger partial charge in [0.2, 0.25) is 0 Å². The first kappa shape index (κ1) is 14.7. The zero-order valence-corrected chi connectivity index (χ0v) is 12.2. The number of nitrogens with zero attached hydrogens (tertiary/aromatic N) is 4. The van der Waals surface area contributed by atoms with E-state index in [1.165, 1.54) is 6.20 Å². The molecule has 0 aliphatic carbocycles. The van der Waals surface area contributed by atoms with Gasteiger partial charge in [0, 0.05) is 44.4 Å². The highest BCUT2D eigenvalue weighted by Crippen LogP contribution is 2.18. The maximum atomic E-state index is 12.3. The van der Waals surface area contributed by atoms with E-state index in [1.54, 1.807) is 17.4 Å². The minimum absolute atomic E-state index is 0.0958. The number of piperazine rings is 1. The summed E-state index contributed by atoms with van der Waals surface area (Å²) in [6.07, 6.45) is 5.44. The number of carbonyl (C=O) groups is 1. The number of carbonyl (C=O) groups excluding carboxylic acids is 1. The second kappa shape index (κ2) is 6.71. The molecule has 8 nitrogen and oxygen atoms in total. The van der Waals surface area contributed by atoms with E-state index in [1.807, 2.05) is 6.07 Å². The van der Waals surface area contributed by atoms with E-state index in [2.05, 4.69) is 20.3 Å². The Hall–Kier alpha value is -2.19. The van der Waals surface area contributed by atoms with Crippen LogP contribution in [0.1, 0.15) is 22.5 Å². The van der Waals surface area contributed by atoms with Crippen molar-refractivity contribution in [3.63, 3.8) is 0 Å². The molecule has 2 aromatic rings. The summed E-state index contributed by atoms with van der Waals surface area (Å²) in [4.78, 5) is 16.4. The predicted octanol–water partition coefficient (Wildman–Crippen LogP) is 0.107. The number of aliphatic hydroxyl groups excluding tert-OH is 1. The molecule has 3 rings (SSSR count). The topological polar surface area (TPSA) is 98.5 Å². The fourth-order valence-corrected chi connectivity index (χ4v) is 2.79. The average Bonchev–Trinajstić information content (AvgIpc) is 3.21. The molecule has 1 aliphatic rings. The maximum Gasteiger partial charge on any atom is 0.276 e. The Morgan fingerprint density at radius 1 is 1.50 bits per heavy atom. The fourth-order valence-electron chi connectivity index (χ4n) is 2.79. The summed E-state index contributed by atoms with van der Waals surface area (Å²) in [7, 11) is 0. The minimum atomic E-state index is -0.125.